The van der Waals surface area contributed by atoms with Crippen molar-refractivity contribution in [2.45, 2.75) is 32.4 Å². The molecule has 1 aromatic carbocycles. The molecule has 1 aliphatic rings. The normalized spacial score (nSPS) is 17.2. The second-order valence-corrected chi connectivity index (χ2v) is 6.78. The number of benzene rings is 1. The van der Waals surface area contributed by atoms with Crippen molar-refractivity contribution >= 4 is 27.7 Å². The maximum atomic E-state index is 13.0. The van der Waals surface area contributed by atoms with Crippen LogP contribution in [0.25, 0.3) is 21.8 Å². The van der Waals surface area contributed by atoms with Crippen LogP contribution in [0.4, 0.5) is 0 Å². The molecule has 0 aliphatic carbocycles. The van der Waals surface area contributed by atoms with Crippen LogP contribution in [0, 0.1) is 0 Å². The Morgan fingerprint density at radius 3 is 2.88 bits per heavy atom. The van der Waals surface area contributed by atoms with Crippen molar-refractivity contribution in [3.8, 4) is 0 Å². The highest BCUT2D eigenvalue weighted by atomic mass is 16.5. The third-order valence-corrected chi connectivity index (χ3v) is 5.22. The molecule has 3 aromatic rings. The number of amides is 1. The van der Waals surface area contributed by atoms with Crippen molar-refractivity contribution in [3.05, 3.63) is 46.4 Å². The molecule has 1 fully saturated rings. The third-order valence-electron chi connectivity index (χ3n) is 5.22. The fourth-order valence-corrected chi connectivity index (χ4v) is 3.85. The molecule has 6 nitrogen and oxygen atoms in total. The Balaban J connectivity index is 1.87. The molecule has 1 amide bonds. The third kappa shape index (κ3) is 2.61. The molecular weight excluding hydrogens is 330 g/mol. The van der Waals surface area contributed by atoms with Gasteiger partial charge in [-0.2, -0.15) is 0 Å². The first-order valence-corrected chi connectivity index (χ1v) is 9.12. The van der Waals surface area contributed by atoms with E-state index in [0.29, 0.717) is 24.2 Å². The van der Waals surface area contributed by atoms with Gasteiger partial charge in [0.15, 0.2) is 0 Å². The van der Waals surface area contributed by atoms with Gasteiger partial charge in [0.25, 0.3) is 11.5 Å². The maximum absolute atomic E-state index is 13.0. The van der Waals surface area contributed by atoms with Crippen LogP contribution in [0.5, 0.6) is 0 Å². The average molecular weight is 353 g/mol. The van der Waals surface area contributed by atoms with Gasteiger partial charge in [-0.05, 0) is 25.8 Å². The van der Waals surface area contributed by atoms with E-state index in [1.165, 1.54) is 0 Å². The Hall–Kier alpha value is -2.60. The van der Waals surface area contributed by atoms with Gasteiger partial charge in [0.2, 0.25) is 0 Å². The quantitative estimate of drug-likeness (QED) is 0.783. The minimum Gasteiger partial charge on any atom is -0.376 e. The van der Waals surface area contributed by atoms with Crippen molar-refractivity contribution in [3.63, 3.8) is 0 Å². The van der Waals surface area contributed by atoms with Gasteiger partial charge in [0, 0.05) is 49.2 Å². The van der Waals surface area contributed by atoms with Crippen molar-refractivity contribution in [1.82, 2.24) is 14.5 Å². The molecule has 1 atom stereocenters. The number of rotatable bonds is 4. The van der Waals surface area contributed by atoms with Crippen molar-refractivity contribution in [2.24, 2.45) is 7.05 Å². The Bertz CT molecular complexity index is 1040. The molecule has 6 heteroatoms. The molecule has 3 heterocycles. The number of aryl methyl sites for hydroxylation is 2. The summed E-state index contributed by atoms with van der Waals surface area (Å²) in [6.07, 6.45) is 3.77. The summed E-state index contributed by atoms with van der Waals surface area (Å²) in [5, 5.41) is 4.64. The highest BCUT2D eigenvalue weighted by Gasteiger charge is 2.22. The van der Waals surface area contributed by atoms with E-state index >= 15 is 0 Å². The lowest BCUT2D eigenvalue weighted by molar-refractivity contribution is 0.0858. The summed E-state index contributed by atoms with van der Waals surface area (Å²) in [4.78, 5) is 25.8. The molecular formula is C20H23N3O3. The number of nitrogens with zero attached hydrogens (tertiary/aromatic N) is 2. The zero-order valence-corrected chi connectivity index (χ0v) is 15.1. The maximum Gasteiger partial charge on any atom is 0.275 e. The van der Waals surface area contributed by atoms with E-state index in [9.17, 15) is 9.59 Å². The molecule has 1 aliphatic heterocycles. The van der Waals surface area contributed by atoms with Gasteiger partial charge in [-0.15, -0.1) is 0 Å². The van der Waals surface area contributed by atoms with Crippen LogP contribution in [0.1, 0.15) is 30.1 Å². The number of para-hydroxylation sites is 1. The topological polar surface area (TPSA) is 65.3 Å². The van der Waals surface area contributed by atoms with Crippen LogP contribution in [-0.2, 0) is 18.3 Å². The molecule has 0 radical (unpaired) electrons. The largest absolute Gasteiger partial charge is 0.376 e. The summed E-state index contributed by atoms with van der Waals surface area (Å²) < 4.78 is 9.08. The SMILES string of the molecule is CCn1cc(C(=O)NCC2CCCO2)c2c3ccccc3n(C)c2c1=O. The number of hydrogen-bond acceptors (Lipinski definition) is 3. The smallest absolute Gasteiger partial charge is 0.275 e. The highest BCUT2D eigenvalue weighted by molar-refractivity contribution is 6.17. The van der Waals surface area contributed by atoms with Crippen LogP contribution < -0.4 is 10.9 Å². The van der Waals surface area contributed by atoms with Gasteiger partial charge < -0.3 is 19.2 Å². The van der Waals surface area contributed by atoms with Gasteiger partial charge >= 0.3 is 0 Å². The molecule has 0 bridgehead atoms. The predicted molar refractivity (Wildman–Crippen MR) is 102 cm³/mol. The second-order valence-electron chi connectivity index (χ2n) is 6.78. The second kappa shape index (κ2) is 6.61. The lowest BCUT2D eigenvalue weighted by Gasteiger charge is -2.13. The standard InChI is InChI=1S/C20H23N3O3/c1-3-23-12-15(19(24)21-11-13-7-6-10-26-13)17-14-8-4-5-9-16(14)22(2)18(17)20(23)25/h4-5,8-9,12-13H,3,6-7,10-11H2,1-2H3,(H,21,24). The van der Waals surface area contributed by atoms with E-state index in [1.807, 2.05) is 42.8 Å². The Kier molecular flexibility index (Phi) is 4.28. The number of aromatic nitrogens is 2. The highest BCUT2D eigenvalue weighted by Crippen LogP contribution is 2.28. The summed E-state index contributed by atoms with van der Waals surface area (Å²) in [5.74, 6) is -0.163. The van der Waals surface area contributed by atoms with Gasteiger partial charge in [-0.3, -0.25) is 9.59 Å². The summed E-state index contributed by atoms with van der Waals surface area (Å²) in [7, 11) is 1.88. The summed E-state index contributed by atoms with van der Waals surface area (Å²) in [6.45, 7) is 3.68. The lowest BCUT2D eigenvalue weighted by Crippen LogP contribution is -2.33. The van der Waals surface area contributed by atoms with Crippen LogP contribution in [0.2, 0.25) is 0 Å². The molecule has 0 spiro atoms. The number of hydrogen-bond donors (Lipinski definition) is 1. The van der Waals surface area contributed by atoms with Crippen molar-refractivity contribution < 1.29 is 9.53 Å². The molecule has 26 heavy (non-hydrogen) atoms. The minimum atomic E-state index is -0.163. The Morgan fingerprint density at radius 1 is 1.35 bits per heavy atom. The molecule has 1 N–H and O–H groups in total. The first kappa shape index (κ1) is 16.8. The summed E-state index contributed by atoms with van der Waals surface area (Å²) in [5.41, 5.74) is 1.98. The van der Waals surface area contributed by atoms with Crippen molar-refractivity contribution in [2.75, 3.05) is 13.2 Å². The van der Waals surface area contributed by atoms with Gasteiger partial charge in [-0.25, -0.2) is 0 Å². The summed E-state index contributed by atoms with van der Waals surface area (Å²) >= 11 is 0. The predicted octanol–water partition coefficient (Wildman–Crippen LogP) is 2.42. The average Bonchev–Trinajstić information content (AvgIpc) is 3.28. The fraction of sp³-hybridized carbons (Fsp3) is 0.400. The molecule has 2 aromatic heterocycles. The molecule has 136 valence electrons. The van der Waals surface area contributed by atoms with E-state index in [1.54, 1.807) is 10.8 Å². The number of pyridine rings is 1. The molecule has 0 saturated carbocycles. The van der Waals surface area contributed by atoms with Crippen LogP contribution >= 0.6 is 0 Å². The van der Waals surface area contributed by atoms with Gasteiger partial charge in [0.1, 0.15) is 5.52 Å². The van der Waals surface area contributed by atoms with E-state index in [2.05, 4.69) is 5.32 Å². The Morgan fingerprint density at radius 2 is 2.15 bits per heavy atom. The van der Waals surface area contributed by atoms with E-state index in [4.69, 9.17) is 4.74 Å². The van der Waals surface area contributed by atoms with Crippen LogP contribution in [-0.4, -0.2) is 34.3 Å². The monoisotopic (exact) mass is 353 g/mol. The first-order valence-electron chi connectivity index (χ1n) is 9.12. The Labute approximate surface area is 151 Å². The molecule has 1 saturated heterocycles. The van der Waals surface area contributed by atoms with Crippen LogP contribution in [0.15, 0.2) is 35.3 Å². The van der Waals surface area contributed by atoms with Gasteiger partial charge in [-0.1, -0.05) is 18.2 Å². The number of ether oxygens (including phenoxy) is 1. The number of fused-ring (bicyclic) bond motifs is 3. The molecule has 1 unspecified atom stereocenters. The zero-order chi connectivity index (χ0) is 18.3. The molecule has 4 rings (SSSR count). The lowest BCUT2D eigenvalue weighted by atomic mass is 10.1. The van der Waals surface area contributed by atoms with E-state index in [-0.39, 0.29) is 17.6 Å². The van der Waals surface area contributed by atoms with E-state index < -0.39 is 0 Å². The first-order chi connectivity index (χ1) is 12.6. The van der Waals surface area contributed by atoms with Crippen LogP contribution in [0.3, 0.4) is 0 Å². The number of carbonyl (C=O) groups excluding carboxylic acids is 1. The number of carbonyl (C=O) groups is 1. The fourth-order valence-electron chi connectivity index (χ4n) is 3.85. The van der Waals surface area contributed by atoms with Gasteiger partial charge in [0.05, 0.1) is 11.7 Å². The minimum absolute atomic E-state index is 0.0723. The zero-order valence-electron chi connectivity index (χ0n) is 15.1. The van der Waals surface area contributed by atoms with Crippen molar-refractivity contribution in [1.29, 1.82) is 0 Å². The number of nitrogens with one attached hydrogen (secondary N) is 1. The van der Waals surface area contributed by atoms with E-state index in [0.717, 1.165) is 35.7 Å². The summed E-state index contributed by atoms with van der Waals surface area (Å²) in [6, 6.07) is 7.81.